The van der Waals surface area contributed by atoms with E-state index >= 15 is 0 Å². The molecule has 0 spiro atoms. The Kier molecular flexibility index (Phi) is 5.49. The van der Waals surface area contributed by atoms with Crippen LogP contribution < -0.4 is 10.2 Å². The molecule has 0 fully saturated rings. The molecule has 6 heteroatoms. The van der Waals surface area contributed by atoms with E-state index in [1.807, 2.05) is 79.8 Å². The Bertz CT molecular complexity index is 1070. The number of H-pyrrole nitrogens is 1. The van der Waals surface area contributed by atoms with Gasteiger partial charge in [-0.25, -0.2) is 4.98 Å². The third kappa shape index (κ3) is 4.41. The molecule has 146 valence electrons. The Balaban J connectivity index is 1.51. The number of nitrogens with zero attached hydrogens (tertiary/aromatic N) is 2. The first-order chi connectivity index (χ1) is 14.1. The number of aromatic amines is 1. The zero-order chi connectivity index (χ0) is 20.2. The normalized spacial score (nSPS) is 11.0. The van der Waals surface area contributed by atoms with E-state index in [-0.39, 0.29) is 18.5 Å². The van der Waals surface area contributed by atoms with Crippen LogP contribution in [0.4, 0.5) is 5.95 Å². The Labute approximate surface area is 174 Å². The first-order valence-corrected chi connectivity index (χ1v) is 9.73. The van der Waals surface area contributed by atoms with Crippen LogP contribution in [0, 0.1) is 0 Å². The molecule has 4 aromatic rings. The highest BCUT2D eigenvalue weighted by Gasteiger charge is 2.18. The monoisotopic (exact) mass is 404 g/mol. The number of fused-ring (bicyclic) bond motifs is 1. The van der Waals surface area contributed by atoms with E-state index in [0.717, 1.165) is 22.2 Å². The number of likely N-dealkylation sites (N-methyl/N-ethyl adjacent to an activating group) is 1. The molecule has 0 unspecified atom stereocenters. The maximum Gasteiger partial charge on any atom is 0.240 e. The highest BCUT2D eigenvalue weighted by atomic mass is 35.5. The van der Waals surface area contributed by atoms with Crippen molar-refractivity contribution in [3.63, 3.8) is 0 Å². The maximum atomic E-state index is 12.8. The smallest absolute Gasteiger partial charge is 0.240 e. The number of imidazole rings is 1. The van der Waals surface area contributed by atoms with Crippen molar-refractivity contribution >= 4 is 34.5 Å². The van der Waals surface area contributed by atoms with E-state index in [4.69, 9.17) is 11.6 Å². The fourth-order valence-corrected chi connectivity index (χ4v) is 3.47. The third-order valence-corrected chi connectivity index (χ3v) is 4.98. The first kappa shape index (κ1) is 19.0. The standard InChI is InChI=1S/C23H21ClN4O/c1-28(23-25-19-13-12-18(24)14-20(19)26-23)15-21(29)27-22(16-8-4-2-5-9-16)17-10-6-3-7-11-17/h2-14,22H,15H2,1H3,(H,25,26)(H,27,29). The first-order valence-electron chi connectivity index (χ1n) is 9.36. The summed E-state index contributed by atoms with van der Waals surface area (Å²) in [6.07, 6.45) is 0. The summed E-state index contributed by atoms with van der Waals surface area (Å²) in [5.74, 6) is 0.525. The number of rotatable bonds is 6. The van der Waals surface area contributed by atoms with Gasteiger partial charge in [0.25, 0.3) is 0 Å². The molecule has 0 bridgehead atoms. The minimum Gasteiger partial charge on any atom is -0.344 e. The Hall–Kier alpha value is -3.31. The van der Waals surface area contributed by atoms with Gasteiger partial charge in [-0.15, -0.1) is 0 Å². The van der Waals surface area contributed by atoms with Crippen molar-refractivity contribution in [2.24, 2.45) is 0 Å². The highest BCUT2D eigenvalue weighted by molar-refractivity contribution is 6.31. The molecule has 4 rings (SSSR count). The molecule has 0 aliphatic rings. The second-order valence-corrected chi connectivity index (χ2v) is 7.34. The molecule has 2 N–H and O–H groups in total. The van der Waals surface area contributed by atoms with Crippen LogP contribution >= 0.6 is 11.6 Å². The van der Waals surface area contributed by atoms with Crippen LogP contribution in [-0.2, 0) is 4.79 Å². The number of halogens is 1. The molecule has 5 nitrogen and oxygen atoms in total. The van der Waals surface area contributed by atoms with Crippen LogP contribution in [0.2, 0.25) is 5.02 Å². The van der Waals surface area contributed by atoms with Crippen molar-refractivity contribution in [3.05, 3.63) is 95.0 Å². The van der Waals surface area contributed by atoms with Gasteiger partial charge >= 0.3 is 0 Å². The number of benzene rings is 3. The summed E-state index contributed by atoms with van der Waals surface area (Å²) in [5, 5.41) is 3.79. The molecular weight excluding hydrogens is 384 g/mol. The molecular formula is C23H21ClN4O. The predicted molar refractivity (Wildman–Crippen MR) is 117 cm³/mol. The molecule has 0 aliphatic heterocycles. The van der Waals surface area contributed by atoms with Gasteiger partial charge in [-0.05, 0) is 29.3 Å². The van der Waals surface area contributed by atoms with Gasteiger partial charge in [0.05, 0.1) is 23.6 Å². The van der Waals surface area contributed by atoms with Gasteiger partial charge in [0.15, 0.2) is 0 Å². The summed E-state index contributed by atoms with van der Waals surface area (Å²) < 4.78 is 0. The molecule has 0 atom stereocenters. The van der Waals surface area contributed by atoms with Crippen LogP contribution in [0.3, 0.4) is 0 Å². The zero-order valence-electron chi connectivity index (χ0n) is 16.0. The molecule has 0 saturated heterocycles. The van der Waals surface area contributed by atoms with Crippen molar-refractivity contribution in [2.75, 3.05) is 18.5 Å². The summed E-state index contributed by atoms with van der Waals surface area (Å²) in [7, 11) is 1.83. The van der Waals surface area contributed by atoms with Gasteiger partial charge in [0.2, 0.25) is 11.9 Å². The lowest BCUT2D eigenvalue weighted by Gasteiger charge is -2.22. The molecule has 0 radical (unpaired) electrons. The molecule has 1 heterocycles. The lowest BCUT2D eigenvalue weighted by atomic mass is 9.99. The number of carbonyl (C=O) groups is 1. The van der Waals surface area contributed by atoms with Crippen molar-refractivity contribution in [1.29, 1.82) is 0 Å². The number of amides is 1. The largest absolute Gasteiger partial charge is 0.344 e. The number of anilines is 1. The van der Waals surface area contributed by atoms with Gasteiger partial charge < -0.3 is 15.2 Å². The molecule has 0 aliphatic carbocycles. The lowest BCUT2D eigenvalue weighted by Crippen LogP contribution is -2.38. The Morgan fingerprint density at radius 2 is 1.66 bits per heavy atom. The summed E-state index contributed by atoms with van der Waals surface area (Å²) in [4.78, 5) is 22.4. The van der Waals surface area contributed by atoms with Crippen LogP contribution in [0.5, 0.6) is 0 Å². The number of aromatic nitrogens is 2. The zero-order valence-corrected chi connectivity index (χ0v) is 16.7. The minimum absolute atomic E-state index is 0.0938. The van der Waals surface area contributed by atoms with Gasteiger partial charge in [0.1, 0.15) is 0 Å². The maximum absolute atomic E-state index is 12.8. The van der Waals surface area contributed by atoms with Crippen molar-refractivity contribution in [1.82, 2.24) is 15.3 Å². The summed E-state index contributed by atoms with van der Waals surface area (Å²) in [5.41, 5.74) is 3.72. The lowest BCUT2D eigenvalue weighted by molar-refractivity contribution is -0.120. The van der Waals surface area contributed by atoms with Crippen molar-refractivity contribution in [3.8, 4) is 0 Å². The van der Waals surface area contributed by atoms with Crippen LogP contribution in [0.15, 0.2) is 78.9 Å². The molecule has 1 aromatic heterocycles. The summed E-state index contributed by atoms with van der Waals surface area (Å²) >= 11 is 6.04. The van der Waals surface area contributed by atoms with Crippen molar-refractivity contribution in [2.45, 2.75) is 6.04 Å². The Morgan fingerprint density at radius 1 is 1.03 bits per heavy atom. The number of hydrogen-bond donors (Lipinski definition) is 2. The predicted octanol–water partition coefficient (Wildman–Crippen LogP) is 4.56. The average molecular weight is 405 g/mol. The fraction of sp³-hybridized carbons (Fsp3) is 0.130. The van der Waals surface area contributed by atoms with E-state index in [2.05, 4.69) is 15.3 Å². The average Bonchev–Trinajstić information content (AvgIpc) is 3.17. The van der Waals surface area contributed by atoms with E-state index in [9.17, 15) is 4.79 Å². The third-order valence-electron chi connectivity index (χ3n) is 4.74. The Morgan fingerprint density at radius 3 is 2.28 bits per heavy atom. The van der Waals surface area contributed by atoms with Gasteiger partial charge in [0, 0.05) is 12.1 Å². The van der Waals surface area contributed by atoms with E-state index < -0.39 is 0 Å². The van der Waals surface area contributed by atoms with E-state index in [1.54, 1.807) is 11.0 Å². The van der Waals surface area contributed by atoms with Gasteiger partial charge in [-0.3, -0.25) is 4.79 Å². The van der Waals surface area contributed by atoms with E-state index in [1.165, 1.54) is 0 Å². The van der Waals surface area contributed by atoms with Gasteiger partial charge in [-0.1, -0.05) is 72.3 Å². The molecule has 3 aromatic carbocycles. The summed E-state index contributed by atoms with van der Waals surface area (Å²) in [6, 6.07) is 25.2. The molecule has 1 amide bonds. The number of hydrogen-bond acceptors (Lipinski definition) is 3. The molecule has 29 heavy (non-hydrogen) atoms. The van der Waals surface area contributed by atoms with Crippen LogP contribution in [0.1, 0.15) is 17.2 Å². The van der Waals surface area contributed by atoms with Crippen molar-refractivity contribution < 1.29 is 4.79 Å². The number of nitrogens with one attached hydrogen (secondary N) is 2. The topological polar surface area (TPSA) is 61.0 Å². The molecule has 0 saturated carbocycles. The van der Waals surface area contributed by atoms with Crippen LogP contribution in [0.25, 0.3) is 11.0 Å². The highest BCUT2D eigenvalue weighted by Crippen LogP contribution is 2.23. The second-order valence-electron chi connectivity index (χ2n) is 6.90. The second kappa shape index (κ2) is 8.37. The van der Waals surface area contributed by atoms with Gasteiger partial charge in [-0.2, -0.15) is 0 Å². The quantitative estimate of drug-likeness (QED) is 0.495. The van der Waals surface area contributed by atoms with Crippen LogP contribution in [-0.4, -0.2) is 29.5 Å². The fourth-order valence-electron chi connectivity index (χ4n) is 3.30. The summed E-state index contributed by atoms with van der Waals surface area (Å²) in [6.45, 7) is 0.170. The van der Waals surface area contributed by atoms with E-state index in [0.29, 0.717) is 11.0 Å². The minimum atomic E-state index is -0.215. The SMILES string of the molecule is CN(CC(=O)NC(c1ccccc1)c1ccccc1)c1nc2ccc(Cl)cc2[nH]1. The number of carbonyl (C=O) groups excluding carboxylic acids is 1.